The average molecular weight is 289 g/mol. The van der Waals surface area contributed by atoms with Gasteiger partial charge in [-0.15, -0.1) is 0 Å². The number of aliphatic carboxylic acids is 1. The molecule has 2 N–H and O–H groups in total. The number of hydrogen-bond acceptors (Lipinski definition) is 4. The molecule has 0 saturated carbocycles. The quantitative estimate of drug-likeness (QED) is 0.781. The number of benzene rings is 1. The van der Waals surface area contributed by atoms with Crippen LogP contribution < -0.4 is 10.1 Å². The highest BCUT2D eigenvalue weighted by molar-refractivity contribution is 5.75. The fourth-order valence-corrected chi connectivity index (χ4v) is 1.97. The number of nitrogens with one attached hydrogen (secondary N) is 1. The Labute approximate surface area is 123 Å². The van der Waals surface area contributed by atoms with Crippen molar-refractivity contribution >= 4 is 5.97 Å². The Kier molecular flexibility index (Phi) is 5.40. The van der Waals surface area contributed by atoms with E-state index in [1.165, 1.54) is 0 Å². The summed E-state index contributed by atoms with van der Waals surface area (Å²) >= 11 is 0. The smallest absolute Gasteiger partial charge is 0.325 e. The van der Waals surface area contributed by atoms with Gasteiger partial charge < -0.3 is 14.3 Å². The minimum absolute atomic E-state index is 0.351. The van der Waals surface area contributed by atoms with Gasteiger partial charge in [0.05, 0.1) is 19.4 Å². The van der Waals surface area contributed by atoms with Gasteiger partial charge in [0.15, 0.2) is 0 Å². The van der Waals surface area contributed by atoms with Gasteiger partial charge in [-0.2, -0.15) is 0 Å². The van der Waals surface area contributed by atoms with Gasteiger partial charge in [0.25, 0.3) is 0 Å². The first-order chi connectivity index (χ1) is 10.2. The Balaban J connectivity index is 2.08. The Morgan fingerprint density at radius 3 is 2.90 bits per heavy atom. The van der Waals surface area contributed by atoms with Gasteiger partial charge in [-0.05, 0) is 36.2 Å². The van der Waals surface area contributed by atoms with E-state index in [2.05, 4.69) is 5.32 Å². The summed E-state index contributed by atoms with van der Waals surface area (Å²) in [6, 6.07) is 9.91. The molecule has 1 atom stereocenters. The maximum absolute atomic E-state index is 11.5. The molecular weight excluding hydrogens is 270 g/mol. The van der Waals surface area contributed by atoms with Gasteiger partial charge in [0, 0.05) is 0 Å². The molecule has 1 aromatic carbocycles. The van der Waals surface area contributed by atoms with Crippen LogP contribution in [-0.2, 0) is 11.3 Å². The highest BCUT2D eigenvalue weighted by Crippen LogP contribution is 2.20. The van der Waals surface area contributed by atoms with Crippen LogP contribution in [0.1, 0.15) is 30.7 Å². The molecule has 0 aliphatic heterocycles. The molecule has 112 valence electrons. The normalized spacial score (nSPS) is 12.0. The molecule has 5 nitrogen and oxygen atoms in total. The van der Waals surface area contributed by atoms with Gasteiger partial charge >= 0.3 is 5.97 Å². The summed E-state index contributed by atoms with van der Waals surface area (Å²) in [5.74, 6) is 0.439. The molecule has 1 aromatic heterocycles. The largest absolute Gasteiger partial charge is 0.494 e. The molecule has 5 heteroatoms. The second-order valence-corrected chi connectivity index (χ2v) is 4.65. The van der Waals surface area contributed by atoms with E-state index in [1.807, 2.05) is 13.0 Å². The van der Waals surface area contributed by atoms with Crippen molar-refractivity contribution in [3.63, 3.8) is 0 Å². The van der Waals surface area contributed by atoms with E-state index in [9.17, 15) is 9.90 Å². The zero-order valence-corrected chi connectivity index (χ0v) is 11.9. The first-order valence-corrected chi connectivity index (χ1v) is 6.92. The summed E-state index contributed by atoms with van der Waals surface area (Å²) in [5, 5.41) is 12.4. The Bertz CT molecular complexity index is 565. The lowest BCUT2D eigenvalue weighted by molar-refractivity contribution is -0.139. The highest BCUT2D eigenvalue weighted by atomic mass is 16.5. The molecule has 0 aliphatic carbocycles. The Hall–Kier alpha value is -2.27. The first kappa shape index (κ1) is 15.1. The second-order valence-electron chi connectivity index (χ2n) is 4.65. The van der Waals surface area contributed by atoms with Crippen LogP contribution >= 0.6 is 0 Å². The summed E-state index contributed by atoms with van der Waals surface area (Å²) in [6.07, 6.45) is 2.47. The molecular formula is C16H19NO4. The van der Waals surface area contributed by atoms with E-state index in [1.54, 1.807) is 36.6 Å². The van der Waals surface area contributed by atoms with Crippen molar-refractivity contribution in [2.75, 3.05) is 6.61 Å². The Morgan fingerprint density at radius 1 is 1.38 bits per heavy atom. The van der Waals surface area contributed by atoms with E-state index in [4.69, 9.17) is 9.15 Å². The van der Waals surface area contributed by atoms with Crippen molar-refractivity contribution in [2.45, 2.75) is 25.9 Å². The second kappa shape index (κ2) is 7.50. The molecule has 0 amide bonds. The van der Waals surface area contributed by atoms with Crippen LogP contribution in [-0.4, -0.2) is 17.7 Å². The van der Waals surface area contributed by atoms with Crippen molar-refractivity contribution in [1.82, 2.24) is 5.32 Å². The van der Waals surface area contributed by atoms with Gasteiger partial charge in [-0.1, -0.05) is 19.1 Å². The van der Waals surface area contributed by atoms with Gasteiger partial charge in [0.2, 0.25) is 0 Å². The van der Waals surface area contributed by atoms with E-state index in [0.717, 1.165) is 6.42 Å². The number of furan rings is 1. The fourth-order valence-electron chi connectivity index (χ4n) is 1.97. The van der Waals surface area contributed by atoms with Crippen molar-refractivity contribution in [1.29, 1.82) is 0 Å². The van der Waals surface area contributed by atoms with E-state index in [0.29, 0.717) is 30.2 Å². The summed E-state index contributed by atoms with van der Waals surface area (Å²) < 4.78 is 10.7. The average Bonchev–Trinajstić information content (AvgIpc) is 2.99. The number of rotatable bonds is 8. The van der Waals surface area contributed by atoms with Crippen LogP contribution in [0.2, 0.25) is 0 Å². The van der Waals surface area contributed by atoms with Gasteiger partial charge in [-0.25, -0.2) is 0 Å². The summed E-state index contributed by atoms with van der Waals surface area (Å²) in [6.45, 7) is 2.99. The molecule has 0 aliphatic rings. The summed E-state index contributed by atoms with van der Waals surface area (Å²) in [5.41, 5.74) is 0.655. The number of ether oxygens (including phenoxy) is 1. The van der Waals surface area contributed by atoms with E-state index in [-0.39, 0.29) is 0 Å². The standard InChI is InChI=1S/C16H19NO4/c1-2-8-20-13-6-3-5-12(10-13)15(16(18)19)17-11-14-7-4-9-21-14/h3-7,9-10,15,17H,2,8,11H2,1H3,(H,18,19). The molecule has 2 aromatic rings. The lowest BCUT2D eigenvalue weighted by Crippen LogP contribution is -2.28. The predicted octanol–water partition coefficient (Wildman–Crippen LogP) is 2.98. The summed E-state index contributed by atoms with van der Waals surface area (Å²) in [4.78, 5) is 11.5. The number of hydrogen-bond donors (Lipinski definition) is 2. The molecule has 0 saturated heterocycles. The van der Waals surface area contributed by atoms with Crippen molar-refractivity contribution < 1.29 is 19.1 Å². The topological polar surface area (TPSA) is 71.7 Å². The minimum Gasteiger partial charge on any atom is -0.494 e. The Morgan fingerprint density at radius 2 is 2.24 bits per heavy atom. The van der Waals surface area contributed by atoms with Crippen LogP contribution in [0.25, 0.3) is 0 Å². The number of carbonyl (C=O) groups is 1. The van der Waals surface area contributed by atoms with Crippen molar-refractivity contribution in [3.8, 4) is 5.75 Å². The molecule has 0 spiro atoms. The SMILES string of the molecule is CCCOc1cccc(C(NCc2ccco2)C(=O)O)c1. The third kappa shape index (κ3) is 4.36. The number of carboxylic acids is 1. The molecule has 1 unspecified atom stereocenters. The first-order valence-electron chi connectivity index (χ1n) is 6.92. The third-order valence-corrected chi connectivity index (χ3v) is 2.97. The van der Waals surface area contributed by atoms with Crippen LogP contribution in [0.15, 0.2) is 47.1 Å². The lowest BCUT2D eigenvalue weighted by atomic mass is 10.1. The van der Waals surface area contributed by atoms with Crippen LogP contribution in [0, 0.1) is 0 Å². The zero-order valence-electron chi connectivity index (χ0n) is 11.9. The molecule has 0 bridgehead atoms. The number of carboxylic acid groups (broad SMARTS) is 1. The van der Waals surface area contributed by atoms with Gasteiger partial charge in [0.1, 0.15) is 17.6 Å². The zero-order chi connectivity index (χ0) is 15.1. The van der Waals surface area contributed by atoms with Crippen molar-refractivity contribution in [2.24, 2.45) is 0 Å². The van der Waals surface area contributed by atoms with Gasteiger partial charge in [-0.3, -0.25) is 10.1 Å². The minimum atomic E-state index is -0.936. The van der Waals surface area contributed by atoms with Crippen LogP contribution in [0.3, 0.4) is 0 Å². The van der Waals surface area contributed by atoms with E-state index >= 15 is 0 Å². The lowest BCUT2D eigenvalue weighted by Gasteiger charge is -2.15. The maximum Gasteiger partial charge on any atom is 0.325 e. The highest BCUT2D eigenvalue weighted by Gasteiger charge is 2.20. The molecule has 21 heavy (non-hydrogen) atoms. The summed E-state index contributed by atoms with van der Waals surface area (Å²) in [7, 11) is 0. The van der Waals surface area contributed by atoms with Crippen molar-refractivity contribution in [3.05, 3.63) is 54.0 Å². The molecule has 0 radical (unpaired) electrons. The molecule has 0 fully saturated rings. The van der Waals surface area contributed by atoms with E-state index < -0.39 is 12.0 Å². The third-order valence-electron chi connectivity index (χ3n) is 2.97. The predicted molar refractivity (Wildman–Crippen MR) is 78.2 cm³/mol. The van der Waals surface area contributed by atoms with Crippen LogP contribution in [0.5, 0.6) is 5.75 Å². The van der Waals surface area contributed by atoms with Crippen LogP contribution in [0.4, 0.5) is 0 Å². The molecule has 1 heterocycles. The fraction of sp³-hybridized carbons (Fsp3) is 0.312. The molecule has 2 rings (SSSR count). The maximum atomic E-state index is 11.5. The monoisotopic (exact) mass is 289 g/mol.